The highest BCUT2D eigenvalue weighted by atomic mass is 79.9. The van der Waals surface area contributed by atoms with Crippen LogP contribution in [0.15, 0.2) is 46.9 Å². The van der Waals surface area contributed by atoms with E-state index in [1.807, 2.05) is 25.1 Å². The van der Waals surface area contributed by atoms with Gasteiger partial charge in [0, 0.05) is 28.2 Å². The molecule has 2 rings (SSSR count). The summed E-state index contributed by atoms with van der Waals surface area (Å²) in [6.45, 7) is 3.35. The number of hydrogen-bond donors (Lipinski definition) is 1. The number of benzene rings is 2. The molecule has 0 radical (unpaired) electrons. The van der Waals surface area contributed by atoms with E-state index in [1.165, 1.54) is 6.92 Å². The van der Waals surface area contributed by atoms with E-state index in [2.05, 4.69) is 21.2 Å². The average Bonchev–Trinajstić information content (AvgIpc) is 2.41. The molecule has 0 unspecified atom stereocenters. The fraction of sp³-hybridized carbons (Fsp3) is 0.125. The summed E-state index contributed by atoms with van der Waals surface area (Å²) < 4.78 is 0.915. The normalized spacial score (nSPS) is 10.2. The van der Waals surface area contributed by atoms with Gasteiger partial charge >= 0.3 is 0 Å². The van der Waals surface area contributed by atoms with Crippen molar-refractivity contribution in [3.8, 4) is 0 Å². The van der Waals surface area contributed by atoms with Gasteiger partial charge in [-0.05, 0) is 42.8 Å². The maximum atomic E-state index is 12.4. The number of amides is 1. The first-order valence-corrected chi connectivity index (χ1v) is 6.96. The van der Waals surface area contributed by atoms with E-state index in [0.717, 1.165) is 10.0 Å². The zero-order chi connectivity index (χ0) is 14.7. The Bertz CT molecular complexity index is 663. The third-order valence-corrected chi connectivity index (χ3v) is 3.84. The van der Waals surface area contributed by atoms with Crippen LogP contribution in [0.5, 0.6) is 0 Å². The molecule has 0 saturated heterocycles. The molecule has 4 heteroatoms. The van der Waals surface area contributed by atoms with Crippen LogP contribution in [-0.4, -0.2) is 11.7 Å². The van der Waals surface area contributed by atoms with Gasteiger partial charge in [-0.2, -0.15) is 0 Å². The first kappa shape index (κ1) is 14.5. The Hall–Kier alpha value is -1.94. The molecule has 0 aromatic heterocycles. The summed E-state index contributed by atoms with van der Waals surface area (Å²) in [6, 6.07) is 12.4. The lowest BCUT2D eigenvalue weighted by Gasteiger charge is -2.08. The molecule has 0 saturated carbocycles. The van der Waals surface area contributed by atoms with Crippen molar-refractivity contribution in [2.45, 2.75) is 13.8 Å². The molecule has 0 atom stereocenters. The van der Waals surface area contributed by atoms with Crippen LogP contribution in [0.25, 0.3) is 0 Å². The van der Waals surface area contributed by atoms with Gasteiger partial charge in [-0.15, -0.1) is 0 Å². The molecule has 1 N–H and O–H groups in total. The van der Waals surface area contributed by atoms with Crippen LogP contribution in [0, 0.1) is 6.92 Å². The number of carbonyl (C=O) groups is 2. The van der Waals surface area contributed by atoms with Gasteiger partial charge in [0.15, 0.2) is 5.78 Å². The summed E-state index contributed by atoms with van der Waals surface area (Å²) in [5.74, 6) is -0.162. The number of hydrogen-bond acceptors (Lipinski definition) is 2. The summed E-state index contributed by atoms with van der Waals surface area (Å²) in [4.78, 5) is 23.4. The van der Waals surface area contributed by atoms with Crippen molar-refractivity contribution in [2.24, 2.45) is 0 Å². The highest BCUT2D eigenvalue weighted by Gasteiger charge is 2.13. The largest absolute Gasteiger partial charge is 0.326 e. The summed E-state index contributed by atoms with van der Waals surface area (Å²) in [7, 11) is 0. The second-order valence-electron chi connectivity index (χ2n) is 4.50. The van der Waals surface area contributed by atoms with Crippen LogP contribution in [0.1, 0.15) is 28.4 Å². The minimum atomic E-state index is -0.132. The van der Waals surface area contributed by atoms with Gasteiger partial charge < -0.3 is 5.32 Å². The Morgan fingerprint density at radius 1 is 1.05 bits per heavy atom. The molecular weight excluding hydrogens is 318 g/mol. The molecule has 2 aromatic carbocycles. The van der Waals surface area contributed by atoms with Gasteiger partial charge in [-0.1, -0.05) is 28.1 Å². The molecule has 0 bridgehead atoms. The fourth-order valence-electron chi connectivity index (χ4n) is 1.92. The monoisotopic (exact) mass is 331 g/mol. The Balaban J connectivity index is 2.29. The number of anilines is 1. The predicted molar refractivity (Wildman–Crippen MR) is 83.1 cm³/mol. The molecule has 0 aliphatic rings. The predicted octanol–water partition coefficient (Wildman–Crippen LogP) is 3.95. The number of rotatable bonds is 3. The lowest BCUT2D eigenvalue weighted by Crippen LogP contribution is -2.07. The van der Waals surface area contributed by atoms with Crippen molar-refractivity contribution >= 4 is 33.3 Å². The van der Waals surface area contributed by atoms with Gasteiger partial charge in [0.1, 0.15) is 0 Å². The number of halogens is 1. The lowest BCUT2D eigenvalue weighted by atomic mass is 9.99. The van der Waals surface area contributed by atoms with Crippen molar-refractivity contribution in [1.29, 1.82) is 0 Å². The van der Waals surface area contributed by atoms with Crippen LogP contribution >= 0.6 is 15.9 Å². The Labute approximate surface area is 126 Å². The molecule has 1 amide bonds. The topological polar surface area (TPSA) is 46.2 Å². The molecule has 0 heterocycles. The van der Waals surface area contributed by atoms with E-state index in [4.69, 9.17) is 0 Å². The second kappa shape index (κ2) is 6.01. The van der Waals surface area contributed by atoms with Crippen LogP contribution in [0.4, 0.5) is 5.69 Å². The van der Waals surface area contributed by atoms with Gasteiger partial charge in [0.05, 0.1) is 0 Å². The highest BCUT2D eigenvalue weighted by molar-refractivity contribution is 9.10. The van der Waals surface area contributed by atoms with Crippen molar-refractivity contribution in [1.82, 2.24) is 0 Å². The Morgan fingerprint density at radius 3 is 2.30 bits per heavy atom. The van der Waals surface area contributed by atoms with E-state index in [-0.39, 0.29) is 11.7 Å². The van der Waals surface area contributed by atoms with Crippen molar-refractivity contribution in [3.63, 3.8) is 0 Å². The average molecular weight is 332 g/mol. The van der Waals surface area contributed by atoms with Crippen molar-refractivity contribution < 1.29 is 9.59 Å². The summed E-state index contributed by atoms with van der Waals surface area (Å²) in [5.41, 5.74) is 2.87. The van der Waals surface area contributed by atoms with E-state index in [0.29, 0.717) is 16.8 Å². The third kappa shape index (κ3) is 3.14. The maximum absolute atomic E-state index is 12.4. The first-order chi connectivity index (χ1) is 9.49. The van der Waals surface area contributed by atoms with E-state index in [9.17, 15) is 9.59 Å². The lowest BCUT2D eigenvalue weighted by molar-refractivity contribution is -0.114. The third-order valence-electron chi connectivity index (χ3n) is 2.98. The van der Waals surface area contributed by atoms with E-state index < -0.39 is 0 Å². The number of ketones is 1. The molecule has 0 spiro atoms. The Kier molecular flexibility index (Phi) is 4.35. The summed E-state index contributed by atoms with van der Waals surface area (Å²) in [5, 5.41) is 2.67. The minimum Gasteiger partial charge on any atom is -0.326 e. The SMILES string of the molecule is CC(=O)Nc1ccc(C(=O)c2cccc(Br)c2C)cc1. The molecule has 20 heavy (non-hydrogen) atoms. The van der Waals surface area contributed by atoms with Gasteiger partial charge in [0.2, 0.25) is 5.91 Å². The van der Waals surface area contributed by atoms with Crippen molar-refractivity contribution in [2.75, 3.05) is 5.32 Å². The molecule has 0 aliphatic carbocycles. The smallest absolute Gasteiger partial charge is 0.221 e. The minimum absolute atomic E-state index is 0.0295. The molecule has 3 nitrogen and oxygen atoms in total. The second-order valence-corrected chi connectivity index (χ2v) is 5.35. The molecule has 0 aliphatic heterocycles. The maximum Gasteiger partial charge on any atom is 0.221 e. The van der Waals surface area contributed by atoms with Gasteiger partial charge in [0.25, 0.3) is 0 Å². The van der Waals surface area contributed by atoms with Gasteiger partial charge in [-0.25, -0.2) is 0 Å². The van der Waals surface area contributed by atoms with Gasteiger partial charge in [-0.3, -0.25) is 9.59 Å². The van der Waals surface area contributed by atoms with Crippen molar-refractivity contribution in [3.05, 3.63) is 63.6 Å². The quantitative estimate of drug-likeness (QED) is 0.865. The number of carbonyl (C=O) groups excluding carboxylic acids is 2. The van der Waals surface area contributed by atoms with Crippen LogP contribution < -0.4 is 5.32 Å². The standard InChI is InChI=1S/C16H14BrNO2/c1-10-14(4-3-5-15(10)17)16(20)12-6-8-13(9-7-12)18-11(2)19/h3-9H,1-2H3,(H,18,19). The molecule has 102 valence electrons. The fourth-order valence-corrected chi connectivity index (χ4v) is 2.28. The zero-order valence-electron chi connectivity index (χ0n) is 11.2. The zero-order valence-corrected chi connectivity index (χ0v) is 12.8. The highest BCUT2D eigenvalue weighted by Crippen LogP contribution is 2.22. The van der Waals surface area contributed by atoms with Crippen LogP contribution in [0.3, 0.4) is 0 Å². The first-order valence-electron chi connectivity index (χ1n) is 6.16. The summed E-state index contributed by atoms with van der Waals surface area (Å²) >= 11 is 3.43. The number of nitrogens with one attached hydrogen (secondary N) is 1. The van der Waals surface area contributed by atoms with E-state index >= 15 is 0 Å². The van der Waals surface area contributed by atoms with Crippen LogP contribution in [0.2, 0.25) is 0 Å². The molecule has 0 fully saturated rings. The molecular formula is C16H14BrNO2. The van der Waals surface area contributed by atoms with E-state index in [1.54, 1.807) is 24.3 Å². The summed E-state index contributed by atoms with van der Waals surface area (Å²) in [6.07, 6.45) is 0. The Morgan fingerprint density at radius 2 is 1.70 bits per heavy atom. The molecule has 2 aromatic rings. The van der Waals surface area contributed by atoms with Crippen LogP contribution in [-0.2, 0) is 4.79 Å².